The van der Waals surface area contributed by atoms with E-state index in [1.165, 1.54) is 11.3 Å². The quantitative estimate of drug-likeness (QED) is 0.652. The third-order valence-corrected chi connectivity index (χ3v) is 3.96. The summed E-state index contributed by atoms with van der Waals surface area (Å²) in [5.41, 5.74) is 2.44. The Morgan fingerprint density at radius 2 is 2.25 bits per heavy atom. The highest BCUT2D eigenvalue weighted by Gasteiger charge is 2.06. The van der Waals surface area contributed by atoms with Gasteiger partial charge in [0, 0.05) is 17.1 Å². The normalized spacial score (nSPS) is 10.8. The minimum Gasteiger partial charge on any atom is -0.296 e. The van der Waals surface area contributed by atoms with Gasteiger partial charge < -0.3 is 0 Å². The van der Waals surface area contributed by atoms with Crippen LogP contribution in [0.1, 0.15) is 10.5 Å². The average molecular weight is 246 g/mol. The summed E-state index contributed by atoms with van der Waals surface area (Å²) in [5, 5.41) is 4.60. The van der Waals surface area contributed by atoms with Crippen molar-refractivity contribution in [1.82, 2.24) is 9.97 Å². The van der Waals surface area contributed by atoms with E-state index in [0.717, 1.165) is 27.1 Å². The Labute approximate surface area is 99.4 Å². The Kier molecular flexibility index (Phi) is 2.27. The van der Waals surface area contributed by atoms with Crippen LogP contribution in [0.4, 0.5) is 0 Å². The van der Waals surface area contributed by atoms with Crippen molar-refractivity contribution in [3.63, 3.8) is 0 Å². The van der Waals surface area contributed by atoms with Gasteiger partial charge in [0.25, 0.3) is 0 Å². The third kappa shape index (κ3) is 1.54. The summed E-state index contributed by atoms with van der Waals surface area (Å²) in [6, 6.07) is 4.04. The van der Waals surface area contributed by atoms with Crippen LogP contribution >= 0.6 is 22.7 Å². The molecule has 0 atom stereocenters. The molecule has 3 nitrogen and oxygen atoms in total. The molecule has 3 aromatic rings. The zero-order valence-electron chi connectivity index (χ0n) is 8.08. The van der Waals surface area contributed by atoms with Gasteiger partial charge in [-0.1, -0.05) is 0 Å². The van der Waals surface area contributed by atoms with Gasteiger partial charge in [0.1, 0.15) is 10.7 Å². The fraction of sp³-hybridized carbons (Fsp3) is 0. The van der Waals surface area contributed by atoms with E-state index in [9.17, 15) is 4.79 Å². The molecular formula is C11H6N2OS2. The highest BCUT2D eigenvalue weighted by molar-refractivity contribution is 7.17. The van der Waals surface area contributed by atoms with Gasteiger partial charge in [-0.2, -0.15) is 0 Å². The van der Waals surface area contributed by atoms with Gasteiger partial charge in [0.15, 0.2) is 6.29 Å². The molecule has 0 fully saturated rings. The summed E-state index contributed by atoms with van der Waals surface area (Å²) in [6.07, 6.45) is 2.56. The molecule has 0 amide bonds. The predicted molar refractivity (Wildman–Crippen MR) is 66.1 cm³/mol. The van der Waals surface area contributed by atoms with Crippen molar-refractivity contribution in [3.05, 3.63) is 34.8 Å². The molecule has 3 heterocycles. The monoisotopic (exact) mass is 246 g/mol. The zero-order valence-corrected chi connectivity index (χ0v) is 9.72. The summed E-state index contributed by atoms with van der Waals surface area (Å²) >= 11 is 3.11. The molecule has 78 valence electrons. The molecule has 0 aliphatic heterocycles. The standard InChI is InChI=1S/C11H6N2OS2/c14-5-8-6-16-11(13-8)7-3-10-9(12-4-7)1-2-15-10/h1-6H. The second-order valence-electron chi connectivity index (χ2n) is 3.22. The van der Waals surface area contributed by atoms with E-state index in [1.54, 1.807) is 22.9 Å². The van der Waals surface area contributed by atoms with Crippen LogP contribution in [0.3, 0.4) is 0 Å². The molecule has 0 aliphatic rings. The van der Waals surface area contributed by atoms with E-state index in [1.807, 2.05) is 11.4 Å². The highest BCUT2D eigenvalue weighted by Crippen LogP contribution is 2.27. The number of carbonyl (C=O) groups is 1. The van der Waals surface area contributed by atoms with Crippen LogP contribution in [-0.4, -0.2) is 16.3 Å². The highest BCUT2D eigenvalue weighted by atomic mass is 32.1. The van der Waals surface area contributed by atoms with Crippen LogP contribution in [0.2, 0.25) is 0 Å². The molecule has 0 spiro atoms. The minimum absolute atomic E-state index is 0.478. The Hall–Kier alpha value is -1.59. The second kappa shape index (κ2) is 3.77. The molecule has 0 saturated heterocycles. The van der Waals surface area contributed by atoms with Gasteiger partial charge in [-0.3, -0.25) is 9.78 Å². The molecule has 0 aliphatic carbocycles. The number of fused-ring (bicyclic) bond motifs is 1. The summed E-state index contributed by atoms with van der Waals surface area (Å²) in [6.45, 7) is 0. The van der Waals surface area contributed by atoms with E-state index in [0.29, 0.717) is 5.69 Å². The van der Waals surface area contributed by atoms with Gasteiger partial charge in [-0.25, -0.2) is 4.98 Å². The lowest BCUT2D eigenvalue weighted by Gasteiger charge is -1.95. The largest absolute Gasteiger partial charge is 0.296 e. The van der Waals surface area contributed by atoms with Crippen LogP contribution in [0.25, 0.3) is 20.8 Å². The van der Waals surface area contributed by atoms with Crippen LogP contribution in [0, 0.1) is 0 Å². The van der Waals surface area contributed by atoms with Crippen molar-refractivity contribution < 1.29 is 4.79 Å². The number of pyridine rings is 1. The van der Waals surface area contributed by atoms with Crippen LogP contribution < -0.4 is 0 Å². The fourth-order valence-electron chi connectivity index (χ4n) is 1.44. The van der Waals surface area contributed by atoms with Crippen LogP contribution in [0.5, 0.6) is 0 Å². The number of aromatic nitrogens is 2. The van der Waals surface area contributed by atoms with Gasteiger partial charge in [-0.15, -0.1) is 22.7 Å². The Balaban J connectivity index is 2.13. The van der Waals surface area contributed by atoms with E-state index < -0.39 is 0 Å². The van der Waals surface area contributed by atoms with Crippen LogP contribution in [0.15, 0.2) is 29.1 Å². The average Bonchev–Trinajstić information content (AvgIpc) is 2.96. The van der Waals surface area contributed by atoms with Crippen molar-refractivity contribution in [2.24, 2.45) is 0 Å². The van der Waals surface area contributed by atoms with E-state index >= 15 is 0 Å². The lowest BCUT2D eigenvalue weighted by atomic mass is 10.3. The molecule has 0 unspecified atom stereocenters. The fourth-order valence-corrected chi connectivity index (χ4v) is 2.96. The number of thiophene rings is 1. The first-order chi connectivity index (χ1) is 7.86. The predicted octanol–water partition coefficient (Wildman–Crippen LogP) is 3.23. The number of thiazole rings is 1. The number of nitrogens with zero attached hydrogens (tertiary/aromatic N) is 2. The molecule has 0 radical (unpaired) electrons. The Bertz CT molecular complexity index is 657. The molecule has 3 aromatic heterocycles. The maximum atomic E-state index is 10.6. The van der Waals surface area contributed by atoms with Crippen molar-refractivity contribution in [2.75, 3.05) is 0 Å². The number of rotatable bonds is 2. The van der Waals surface area contributed by atoms with E-state index in [4.69, 9.17) is 0 Å². The lowest BCUT2D eigenvalue weighted by molar-refractivity contribution is 0.111. The van der Waals surface area contributed by atoms with Gasteiger partial charge in [-0.05, 0) is 17.5 Å². The van der Waals surface area contributed by atoms with Crippen molar-refractivity contribution in [1.29, 1.82) is 0 Å². The first-order valence-corrected chi connectivity index (χ1v) is 6.37. The molecule has 0 saturated carbocycles. The summed E-state index contributed by atoms with van der Waals surface area (Å²) in [5.74, 6) is 0. The van der Waals surface area contributed by atoms with Gasteiger partial charge in [0.2, 0.25) is 0 Å². The molecular weight excluding hydrogens is 240 g/mol. The molecule has 16 heavy (non-hydrogen) atoms. The molecule has 0 bridgehead atoms. The first-order valence-electron chi connectivity index (χ1n) is 4.61. The molecule has 3 rings (SSSR count). The second-order valence-corrected chi connectivity index (χ2v) is 5.03. The Morgan fingerprint density at radius 1 is 1.31 bits per heavy atom. The maximum Gasteiger partial charge on any atom is 0.169 e. The summed E-state index contributed by atoms with van der Waals surface area (Å²) in [4.78, 5) is 19.1. The van der Waals surface area contributed by atoms with Crippen molar-refractivity contribution in [3.8, 4) is 10.6 Å². The maximum absolute atomic E-state index is 10.6. The van der Waals surface area contributed by atoms with E-state index in [-0.39, 0.29) is 0 Å². The van der Waals surface area contributed by atoms with Crippen molar-refractivity contribution >= 4 is 39.2 Å². The molecule has 0 N–H and O–H groups in total. The first kappa shape index (κ1) is 9.62. The number of hydrogen-bond donors (Lipinski definition) is 0. The van der Waals surface area contributed by atoms with Gasteiger partial charge >= 0.3 is 0 Å². The lowest BCUT2D eigenvalue weighted by Crippen LogP contribution is -1.81. The van der Waals surface area contributed by atoms with E-state index in [2.05, 4.69) is 16.0 Å². The molecule has 5 heteroatoms. The minimum atomic E-state index is 0.478. The smallest absolute Gasteiger partial charge is 0.169 e. The molecule has 0 aromatic carbocycles. The number of hydrogen-bond acceptors (Lipinski definition) is 5. The zero-order chi connectivity index (χ0) is 11.0. The number of aldehydes is 1. The summed E-state index contributed by atoms with van der Waals surface area (Å²) in [7, 11) is 0. The van der Waals surface area contributed by atoms with Gasteiger partial charge in [0.05, 0.1) is 10.2 Å². The third-order valence-electron chi connectivity index (χ3n) is 2.19. The SMILES string of the molecule is O=Cc1csc(-c2cnc3ccsc3c2)n1. The van der Waals surface area contributed by atoms with Crippen molar-refractivity contribution in [2.45, 2.75) is 0 Å². The number of carbonyl (C=O) groups excluding carboxylic acids is 1. The topological polar surface area (TPSA) is 42.9 Å². The summed E-state index contributed by atoms with van der Waals surface area (Å²) < 4.78 is 1.14. The van der Waals surface area contributed by atoms with Crippen LogP contribution in [-0.2, 0) is 0 Å². The Morgan fingerprint density at radius 3 is 3.06 bits per heavy atom.